The lowest BCUT2D eigenvalue weighted by Gasteiger charge is -2.34. The first-order valence-electron chi connectivity index (χ1n) is 15.3. The highest BCUT2D eigenvalue weighted by molar-refractivity contribution is 6.31. The zero-order valence-corrected chi connectivity index (χ0v) is 26.6. The average molecular weight is 646 g/mol. The molecule has 1 fully saturated rings. The van der Waals surface area contributed by atoms with Crippen LogP contribution in [0.25, 0.3) is 10.9 Å². The van der Waals surface area contributed by atoms with Crippen molar-refractivity contribution < 1.29 is 28.5 Å². The molecule has 2 aliphatic rings. The van der Waals surface area contributed by atoms with E-state index in [0.29, 0.717) is 75.9 Å². The molecule has 12 heteroatoms. The number of fused-ring (bicyclic) bond motifs is 3. The molecule has 1 aromatic heterocycles. The molecule has 0 spiro atoms. The van der Waals surface area contributed by atoms with Crippen molar-refractivity contribution in [3.05, 3.63) is 71.4 Å². The van der Waals surface area contributed by atoms with Crippen molar-refractivity contribution in [3.63, 3.8) is 0 Å². The molecule has 11 nitrogen and oxygen atoms in total. The van der Waals surface area contributed by atoms with E-state index in [0.717, 1.165) is 44.7 Å². The van der Waals surface area contributed by atoms with E-state index in [9.17, 15) is 9.59 Å². The van der Waals surface area contributed by atoms with E-state index in [1.807, 2.05) is 24.0 Å². The Bertz CT molecular complexity index is 1730. The molecule has 4 aromatic rings. The second-order valence-electron chi connectivity index (χ2n) is 11.2. The molecule has 46 heavy (non-hydrogen) atoms. The predicted octanol–water partition coefficient (Wildman–Crippen LogP) is 6.34. The van der Waals surface area contributed by atoms with Gasteiger partial charge < -0.3 is 34.5 Å². The van der Waals surface area contributed by atoms with E-state index in [1.54, 1.807) is 55.6 Å². The van der Waals surface area contributed by atoms with Gasteiger partial charge in [-0.2, -0.15) is 0 Å². The number of nitrogens with zero attached hydrogens (tertiary/aromatic N) is 3. The van der Waals surface area contributed by atoms with Gasteiger partial charge in [-0.15, -0.1) is 0 Å². The minimum absolute atomic E-state index is 0.131. The summed E-state index contributed by atoms with van der Waals surface area (Å²) in [6.07, 6.45) is 2.51. The Hall–Kier alpha value is -4.74. The molecule has 0 unspecified atom stereocenters. The monoisotopic (exact) mass is 645 g/mol. The zero-order chi connectivity index (χ0) is 32.0. The lowest BCUT2D eigenvalue weighted by atomic mass is 10.1. The van der Waals surface area contributed by atoms with Crippen molar-refractivity contribution in [3.8, 4) is 28.7 Å². The Morgan fingerprint density at radius 3 is 2.37 bits per heavy atom. The fourth-order valence-electron chi connectivity index (χ4n) is 5.47. The van der Waals surface area contributed by atoms with E-state index in [-0.39, 0.29) is 11.9 Å². The van der Waals surface area contributed by atoms with Crippen LogP contribution in [0, 0.1) is 6.92 Å². The minimum atomic E-state index is -0.371. The van der Waals surface area contributed by atoms with Crippen LogP contribution in [0.15, 0.2) is 60.8 Å². The Morgan fingerprint density at radius 2 is 1.63 bits per heavy atom. The summed E-state index contributed by atoms with van der Waals surface area (Å²) in [5, 5.41) is 6.95. The minimum Gasteiger partial charge on any atom is -0.489 e. The molecular formula is C34H36ClN5O6. The van der Waals surface area contributed by atoms with Crippen molar-refractivity contribution in [1.82, 2.24) is 14.8 Å². The maximum Gasteiger partial charge on any atom is 0.323 e. The second-order valence-corrected chi connectivity index (χ2v) is 11.6. The summed E-state index contributed by atoms with van der Waals surface area (Å²) in [6.45, 7) is 8.95. The number of carbonyl (C=O) groups excluding carboxylic acids is 2. The quantitative estimate of drug-likeness (QED) is 0.203. The average Bonchev–Trinajstić information content (AvgIpc) is 3.06. The molecule has 3 heterocycles. The van der Waals surface area contributed by atoms with Crippen molar-refractivity contribution in [2.45, 2.75) is 20.3 Å². The van der Waals surface area contributed by atoms with Gasteiger partial charge in [0.1, 0.15) is 24.7 Å². The third-order valence-electron chi connectivity index (χ3n) is 7.89. The number of amides is 3. The van der Waals surface area contributed by atoms with Gasteiger partial charge in [0.2, 0.25) is 11.7 Å². The van der Waals surface area contributed by atoms with Crippen molar-refractivity contribution >= 4 is 45.8 Å². The first-order valence-corrected chi connectivity index (χ1v) is 15.7. The molecule has 3 amide bonds. The summed E-state index contributed by atoms with van der Waals surface area (Å²) in [5.41, 5.74) is 2.78. The lowest BCUT2D eigenvalue weighted by Crippen LogP contribution is -2.48. The smallest absolute Gasteiger partial charge is 0.323 e. The molecule has 0 saturated carbocycles. The Kier molecular flexibility index (Phi) is 9.60. The summed E-state index contributed by atoms with van der Waals surface area (Å²) < 4.78 is 24.6. The molecule has 2 N–H and O–H groups in total. The number of carbonyl (C=O) groups is 2. The van der Waals surface area contributed by atoms with Gasteiger partial charge in [-0.25, -0.2) is 4.79 Å². The van der Waals surface area contributed by atoms with Crippen LogP contribution in [0.1, 0.15) is 18.9 Å². The first-order chi connectivity index (χ1) is 22.3. The van der Waals surface area contributed by atoms with Gasteiger partial charge in [0.15, 0.2) is 11.5 Å². The molecule has 0 radical (unpaired) electrons. The number of halogens is 1. The Morgan fingerprint density at radius 1 is 0.913 bits per heavy atom. The molecule has 3 aromatic carbocycles. The fraction of sp³-hybridized carbons (Fsp3) is 0.324. The van der Waals surface area contributed by atoms with Gasteiger partial charge >= 0.3 is 6.03 Å². The first kappa shape index (κ1) is 31.3. The number of anilines is 2. The molecule has 0 bridgehead atoms. The highest BCUT2D eigenvalue weighted by atomic mass is 35.5. The van der Waals surface area contributed by atoms with Crippen LogP contribution in [0.3, 0.4) is 0 Å². The van der Waals surface area contributed by atoms with Crippen LogP contribution in [-0.2, 0) is 4.79 Å². The van der Waals surface area contributed by atoms with E-state index >= 15 is 0 Å². The van der Waals surface area contributed by atoms with E-state index < -0.39 is 0 Å². The van der Waals surface area contributed by atoms with Crippen LogP contribution in [0.2, 0.25) is 5.02 Å². The number of nitrogens with one attached hydrogen (secondary N) is 2. The molecule has 6 rings (SSSR count). The van der Waals surface area contributed by atoms with Crippen LogP contribution in [0.4, 0.5) is 16.2 Å². The van der Waals surface area contributed by atoms with Crippen LogP contribution >= 0.6 is 11.6 Å². The standard InChI is InChI=1S/C34H36ClN5O6/c1-22-20-25(6-9-27(22)35)38-34(42)37-24-4-7-26(8-5-24)46-29-10-11-36-28-21-30(32-33(31(28)29)45-19-18-44-32)43-17-3-12-39-13-15-40(16-14-39)23(2)41/h4-11,20-21H,3,12-19H2,1-2H3,(H2,37,38,42). The van der Waals surface area contributed by atoms with Crippen molar-refractivity contribution in [2.24, 2.45) is 0 Å². The van der Waals surface area contributed by atoms with Crippen LogP contribution < -0.4 is 29.6 Å². The van der Waals surface area contributed by atoms with Gasteiger partial charge in [-0.05, 0) is 67.4 Å². The highest BCUT2D eigenvalue weighted by Crippen LogP contribution is 2.48. The number of hydrogen-bond donors (Lipinski definition) is 2. The summed E-state index contributed by atoms with van der Waals surface area (Å²) in [5.74, 6) is 2.91. The number of benzene rings is 3. The molecule has 0 aliphatic carbocycles. The number of pyridine rings is 1. The highest BCUT2D eigenvalue weighted by Gasteiger charge is 2.25. The fourth-order valence-corrected chi connectivity index (χ4v) is 5.59. The SMILES string of the molecule is CC(=O)N1CCN(CCCOc2cc3nccc(Oc4ccc(NC(=O)Nc5ccc(Cl)c(C)c5)cc4)c3c3c2OCCO3)CC1. The number of piperazine rings is 1. The summed E-state index contributed by atoms with van der Waals surface area (Å²) in [7, 11) is 0. The molecule has 240 valence electrons. The number of ether oxygens (including phenoxy) is 4. The second kappa shape index (κ2) is 14.1. The molecular weight excluding hydrogens is 610 g/mol. The molecule has 0 atom stereocenters. The van der Waals surface area contributed by atoms with Crippen molar-refractivity contribution in [1.29, 1.82) is 0 Å². The predicted molar refractivity (Wildman–Crippen MR) is 177 cm³/mol. The largest absolute Gasteiger partial charge is 0.489 e. The van der Waals surface area contributed by atoms with E-state index in [2.05, 4.69) is 20.5 Å². The summed E-state index contributed by atoms with van der Waals surface area (Å²) in [6, 6.07) is 15.6. The van der Waals surface area contributed by atoms with E-state index in [1.165, 1.54) is 0 Å². The Labute approximate surface area is 272 Å². The molecule has 2 aliphatic heterocycles. The molecule has 1 saturated heterocycles. The Balaban J connectivity index is 1.10. The van der Waals surface area contributed by atoms with Gasteiger partial charge in [0.05, 0.1) is 17.5 Å². The van der Waals surface area contributed by atoms with Gasteiger partial charge in [0.25, 0.3) is 0 Å². The third-order valence-corrected chi connectivity index (χ3v) is 8.32. The number of rotatable bonds is 9. The number of urea groups is 1. The van der Waals surface area contributed by atoms with Gasteiger partial charge in [-0.1, -0.05) is 11.6 Å². The topological polar surface area (TPSA) is 114 Å². The normalized spacial score (nSPS) is 14.5. The van der Waals surface area contributed by atoms with Crippen LogP contribution in [-0.4, -0.2) is 79.3 Å². The maximum atomic E-state index is 12.5. The number of hydrogen-bond acceptors (Lipinski definition) is 8. The van der Waals surface area contributed by atoms with Crippen LogP contribution in [0.5, 0.6) is 28.7 Å². The maximum absolute atomic E-state index is 12.5. The summed E-state index contributed by atoms with van der Waals surface area (Å²) >= 11 is 6.08. The third kappa shape index (κ3) is 7.38. The zero-order valence-electron chi connectivity index (χ0n) is 25.8. The van der Waals surface area contributed by atoms with Gasteiger partial charge in [0, 0.05) is 68.3 Å². The van der Waals surface area contributed by atoms with Gasteiger partial charge in [-0.3, -0.25) is 14.7 Å². The lowest BCUT2D eigenvalue weighted by molar-refractivity contribution is -0.130. The van der Waals surface area contributed by atoms with Crippen molar-refractivity contribution in [2.75, 3.05) is 63.2 Å². The number of aryl methyl sites for hydroxylation is 1. The number of aromatic nitrogens is 1. The summed E-state index contributed by atoms with van der Waals surface area (Å²) in [4.78, 5) is 32.9. The van der Waals surface area contributed by atoms with E-state index in [4.69, 9.17) is 30.5 Å².